The van der Waals surface area contributed by atoms with Crippen molar-refractivity contribution in [1.29, 1.82) is 0 Å². The summed E-state index contributed by atoms with van der Waals surface area (Å²) in [5, 5.41) is 0. The van der Waals surface area contributed by atoms with Crippen LogP contribution in [0.4, 0.5) is 0 Å². The molecule has 21 heavy (non-hydrogen) atoms. The Labute approximate surface area is 125 Å². The molecule has 0 bridgehead atoms. The molecule has 6 heteroatoms. The standard InChI is InChI=1S/C15H21BN2O3/c1-9-17-12-10(7-8-11(19-6)13(12)18-9)16-20-14(2,3)15(4,5)21-16/h7-8H,1-6H3,(H,17,18). The summed E-state index contributed by atoms with van der Waals surface area (Å²) < 4.78 is 17.6. The van der Waals surface area contributed by atoms with Crippen molar-refractivity contribution in [3.8, 4) is 5.75 Å². The lowest BCUT2D eigenvalue weighted by molar-refractivity contribution is 0.00578. The van der Waals surface area contributed by atoms with Crippen molar-refractivity contribution in [3.05, 3.63) is 18.0 Å². The van der Waals surface area contributed by atoms with Crippen LogP contribution in [0.15, 0.2) is 12.1 Å². The number of aryl methyl sites for hydroxylation is 1. The first kappa shape index (κ1) is 14.4. The molecule has 0 saturated carbocycles. The van der Waals surface area contributed by atoms with Crippen LogP contribution in [0.2, 0.25) is 0 Å². The number of aromatic nitrogens is 2. The van der Waals surface area contributed by atoms with Gasteiger partial charge >= 0.3 is 7.12 Å². The number of benzene rings is 1. The smallest absolute Gasteiger partial charge is 0.494 e. The van der Waals surface area contributed by atoms with Crippen LogP contribution in [0.5, 0.6) is 5.75 Å². The minimum atomic E-state index is -0.414. The largest absolute Gasteiger partial charge is 0.497 e. The monoisotopic (exact) mass is 288 g/mol. The second-order valence-electron chi connectivity index (χ2n) is 6.49. The van der Waals surface area contributed by atoms with Gasteiger partial charge in [-0.15, -0.1) is 0 Å². The van der Waals surface area contributed by atoms with Gasteiger partial charge < -0.3 is 19.0 Å². The lowest BCUT2D eigenvalue weighted by Crippen LogP contribution is -2.41. The molecule has 1 aliphatic rings. The lowest BCUT2D eigenvalue weighted by atomic mass is 9.78. The van der Waals surface area contributed by atoms with Gasteiger partial charge in [-0.25, -0.2) is 4.98 Å². The highest BCUT2D eigenvalue weighted by Gasteiger charge is 2.52. The van der Waals surface area contributed by atoms with Crippen molar-refractivity contribution in [3.63, 3.8) is 0 Å². The second kappa shape index (κ2) is 4.48. The molecule has 2 heterocycles. The molecule has 1 aliphatic heterocycles. The zero-order valence-electron chi connectivity index (χ0n) is 13.4. The molecule has 1 fully saturated rings. The predicted octanol–water partition coefficient (Wildman–Crippen LogP) is 2.18. The number of methoxy groups -OCH3 is 1. The highest BCUT2D eigenvalue weighted by Crippen LogP contribution is 2.37. The molecule has 5 nitrogen and oxygen atoms in total. The van der Waals surface area contributed by atoms with Crippen LogP contribution < -0.4 is 10.2 Å². The maximum atomic E-state index is 6.13. The second-order valence-corrected chi connectivity index (χ2v) is 6.49. The van der Waals surface area contributed by atoms with Gasteiger partial charge in [-0.1, -0.05) is 6.07 Å². The van der Waals surface area contributed by atoms with E-state index in [4.69, 9.17) is 14.0 Å². The van der Waals surface area contributed by atoms with Gasteiger partial charge in [-0.05, 0) is 40.7 Å². The Kier molecular flexibility index (Phi) is 3.08. The maximum absolute atomic E-state index is 6.13. The Balaban J connectivity index is 2.11. The molecule has 0 atom stereocenters. The van der Waals surface area contributed by atoms with Crippen molar-refractivity contribution in [1.82, 2.24) is 9.97 Å². The first-order valence-corrected chi connectivity index (χ1v) is 7.14. The molecule has 1 N–H and O–H groups in total. The van der Waals surface area contributed by atoms with Crippen molar-refractivity contribution >= 4 is 23.6 Å². The number of hydrogen-bond donors (Lipinski definition) is 1. The van der Waals surface area contributed by atoms with Gasteiger partial charge in [0.1, 0.15) is 17.1 Å². The number of ether oxygens (including phenoxy) is 1. The van der Waals surface area contributed by atoms with Crippen LogP contribution in [0.1, 0.15) is 33.5 Å². The molecule has 1 saturated heterocycles. The van der Waals surface area contributed by atoms with Crippen molar-refractivity contribution < 1.29 is 14.0 Å². The predicted molar refractivity (Wildman–Crippen MR) is 83.1 cm³/mol. The third-order valence-corrected chi connectivity index (χ3v) is 4.49. The molecule has 2 aromatic rings. The average Bonchev–Trinajstić information content (AvgIpc) is 2.85. The first-order chi connectivity index (χ1) is 9.75. The summed E-state index contributed by atoms with van der Waals surface area (Å²) in [5.74, 6) is 1.59. The summed E-state index contributed by atoms with van der Waals surface area (Å²) in [6, 6.07) is 3.88. The number of imidazole rings is 1. The fourth-order valence-electron chi connectivity index (χ4n) is 2.54. The van der Waals surface area contributed by atoms with E-state index in [1.54, 1.807) is 7.11 Å². The summed E-state index contributed by atoms with van der Waals surface area (Å²) in [6.45, 7) is 10.1. The fraction of sp³-hybridized carbons (Fsp3) is 0.533. The van der Waals surface area contributed by atoms with Crippen LogP contribution >= 0.6 is 0 Å². The van der Waals surface area contributed by atoms with Crippen LogP contribution in [0, 0.1) is 6.92 Å². The lowest BCUT2D eigenvalue weighted by Gasteiger charge is -2.32. The zero-order valence-corrected chi connectivity index (χ0v) is 13.4. The number of nitrogens with zero attached hydrogens (tertiary/aromatic N) is 1. The van der Waals surface area contributed by atoms with Gasteiger partial charge in [0, 0.05) is 5.46 Å². The Hall–Kier alpha value is -1.53. The van der Waals surface area contributed by atoms with E-state index in [1.807, 2.05) is 46.8 Å². The Morgan fingerprint density at radius 2 is 1.76 bits per heavy atom. The van der Waals surface area contributed by atoms with Gasteiger partial charge in [0.25, 0.3) is 0 Å². The van der Waals surface area contributed by atoms with Crippen molar-refractivity contribution in [2.75, 3.05) is 7.11 Å². The Morgan fingerprint density at radius 3 is 2.33 bits per heavy atom. The quantitative estimate of drug-likeness (QED) is 0.861. The fourth-order valence-corrected chi connectivity index (χ4v) is 2.54. The molecular formula is C15H21BN2O3. The molecule has 3 rings (SSSR count). The van der Waals surface area contributed by atoms with E-state index >= 15 is 0 Å². The summed E-state index contributed by atoms with van der Waals surface area (Å²) in [5.41, 5.74) is 1.94. The molecule has 0 aliphatic carbocycles. The molecule has 1 aromatic heterocycles. The van der Waals surface area contributed by atoms with E-state index in [2.05, 4.69) is 9.97 Å². The summed E-state index contributed by atoms with van der Waals surface area (Å²) >= 11 is 0. The number of nitrogens with one attached hydrogen (secondary N) is 1. The molecule has 0 radical (unpaired) electrons. The molecule has 0 spiro atoms. The number of H-pyrrole nitrogens is 1. The van der Waals surface area contributed by atoms with E-state index in [9.17, 15) is 0 Å². The minimum Gasteiger partial charge on any atom is -0.494 e. The van der Waals surface area contributed by atoms with Crippen molar-refractivity contribution in [2.24, 2.45) is 0 Å². The van der Waals surface area contributed by atoms with E-state index in [0.29, 0.717) is 0 Å². The maximum Gasteiger partial charge on any atom is 0.497 e. The summed E-state index contributed by atoms with van der Waals surface area (Å²) in [4.78, 5) is 7.78. The van der Waals surface area contributed by atoms with Crippen molar-refractivity contribution in [2.45, 2.75) is 45.8 Å². The van der Waals surface area contributed by atoms with Gasteiger partial charge in [0.2, 0.25) is 0 Å². The Morgan fingerprint density at radius 1 is 1.14 bits per heavy atom. The Bertz CT molecular complexity index is 678. The van der Waals surface area contributed by atoms with Crippen LogP contribution in [0.3, 0.4) is 0 Å². The topological polar surface area (TPSA) is 56.4 Å². The summed E-state index contributed by atoms with van der Waals surface area (Å²) in [7, 11) is 1.23. The van der Waals surface area contributed by atoms with Crippen LogP contribution in [-0.2, 0) is 9.31 Å². The van der Waals surface area contributed by atoms with E-state index in [0.717, 1.165) is 28.1 Å². The number of fused-ring (bicyclic) bond motifs is 1. The molecule has 1 aromatic carbocycles. The van der Waals surface area contributed by atoms with E-state index in [1.165, 1.54) is 0 Å². The van der Waals surface area contributed by atoms with E-state index in [-0.39, 0.29) is 11.2 Å². The third kappa shape index (κ3) is 2.13. The number of aromatic amines is 1. The average molecular weight is 288 g/mol. The molecular weight excluding hydrogens is 267 g/mol. The van der Waals surface area contributed by atoms with Gasteiger partial charge in [-0.2, -0.15) is 0 Å². The summed E-state index contributed by atoms with van der Waals surface area (Å²) in [6.07, 6.45) is 0. The first-order valence-electron chi connectivity index (χ1n) is 7.14. The highest BCUT2D eigenvalue weighted by molar-refractivity contribution is 6.65. The minimum absolute atomic E-state index is 0.362. The third-order valence-electron chi connectivity index (χ3n) is 4.49. The van der Waals surface area contributed by atoms with Gasteiger partial charge in [-0.3, -0.25) is 0 Å². The number of hydrogen-bond acceptors (Lipinski definition) is 4. The molecule has 0 amide bonds. The van der Waals surface area contributed by atoms with Crippen LogP contribution in [-0.4, -0.2) is 35.4 Å². The van der Waals surface area contributed by atoms with Gasteiger partial charge in [0.15, 0.2) is 0 Å². The van der Waals surface area contributed by atoms with E-state index < -0.39 is 7.12 Å². The molecule has 0 unspecified atom stereocenters. The van der Waals surface area contributed by atoms with Gasteiger partial charge in [0.05, 0.1) is 23.8 Å². The normalized spacial score (nSPS) is 20.2. The van der Waals surface area contributed by atoms with Crippen LogP contribution in [0.25, 0.3) is 11.0 Å². The zero-order chi connectivity index (χ0) is 15.4. The molecule has 112 valence electrons. The SMILES string of the molecule is COc1ccc(B2OC(C)(C)C(C)(C)O2)c2[nH]c(C)nc12. The number of rotatable bonds is 2. The highest BCUT2D eigenvalue weighted by atomic mass is 16.7.